The third-order valence-electron chi connectivity index (χ3n) is 5.87. The Morgan fingerprint density at radius 3 is 2.67 bits per heavy atom. The van der Waals surface area contributed by atoms with Gasteiger partial charge in [0.15, 0.2) is 0 Å². The molecule has 5 nitrogen and oxygen atoms in total. The van der Waals surface area contributed by atoms with Crippen molar-refractivity contribution in [2.75, 3.05) is 28.1 Å². The second kappa shape index (κ2) is 7.43. The van der Waals surface area contributed by atoms with Crippen LogP contribution in [0.4, 0.5) is 0 Å². The molecule has 0 amide bonds. The first-order valence-electron chi connectivity index (χ1n) is 9.27. The fourth-order valence-corrected chi connectivity index (χ4v) is 4.51. The Kier molecular flexibility index (Phi) is 5.00. The summed E-state index contributed by atoms with van der Waals surface area (Å²) in [6.07, 6.45) is 1.56. The third kappa shape index (κ3) is 3.16. The summed E-state index contributed by atoms with van der Waals surface area (Å²) in [4.78, 5) is 14.9. The van der Waals surface area contributed by atoms with Gasteiger partial charge in [-0.25, -0.2) is 4.79 Å². The van der Waals surface area contributed by atoms with Crippen LogP contribution in [0.5, 0.6) is 0 Å². The summed E-state index contributed by atoms with van der Waals surface area (Å²) in [6, 6.07) is 14.9. The minimum atomic E-state index is -0.249. The van der Waals surface area contributed by atoms with E-state index < -0.39 is 0 Å². The van der Waals surface area contributed by atoms with Crippen LogP contribution >= 0.6 is 0 Å². The number of likely N-dealkylation sites (N-methyl/N-ethyl adjacent to an activating group) is 1. The molecule has 2 aromatic carbocycles. The van der Waals surface area contributed by atoms with Crippen LogP contribution in [0.3, 0.4) is 0 Å². The SMILES string of the molecule is COCO[C@H]1C[C@@H]2C(C(=O)OC)=C(c3ccc4ccccc4c3)C[C@H]1N2C. The van der Waals surface area contributed by atoms with E-state index in [1.165, 1.54) is 17.9 Å². The van der Waals surface area contributed by atoms with E-state index in [0.29, 0.717) is 0 Å². The van der Waals surface area contributed by atoms with Gasteiger partial charge >= 0.3 is 5.97 Å². The number of carbonyl (C=O) groups excluding carboxylic acids is 1. The number of esters is 1. The van der Waals surface area contributed by atoms with Crippen LogP contribution in [-0.4, -0.2) is 57.1 Å². The van der Waals surface area contributed by atoms with Crippen LogP contribution in [0.25, 0.3) is 16.3 Å². The van der Waals surface area contributed by atoms with Gasteiger partial charge in [0.05, 0.1) is 18.8 Å². The van der Waals surface area contributed by atoms with Crippen molar-refractivity contribution in [2.45, 2.75) is 31.0 Å². The van der Waals surface area contributed by atoms with Crippen molar-refractivity contribution < 1.29 is 19.0 Å². The number of fused-ring (bicyclic) bond motifs is 3. The summed E-state index contributed by atoms with van der Waals surface area (Å²) in [5, 5.41) is 2.36. The Morgan fingerprint density at radius 1 is 1.15 bits per heavy atom. The lowest BCUT2D eigenvalue weighted by Gasteiger charge is -2.35. The van der Waals surface area contributed by atoms with Gasteiger partial charge in [-0.05, 0) is 47.9 Å². The molecule has 1 saturated heterocycles. The standard InChI is InChI=1S/C22H25NO4/c1-23-18-11-17(16-9-8-14-6-4-5-7-15(14)10-16)21(22(24)26-3)19(23)12-20(18)27-13-25-2/h4-10,18-20H,11-13H2,1-3H3/t18-,19-,20+/m1/s1. The van der Waals surface area contributed by atoms with Gasteiger partial charge in [0, 0.05) is 19.2 Å². The molecule has 0 spiro atoms. The van der Waals surface area contributed by atoms with Crippen LogP contribution in [0, 0.1) is 0 Å². The molecular formula is C22H25NO4. The molecule has 1 fully saturated rings. The summed E-state index contributed by atoms with van der Waals surface area (Å²) >= 11 is 0. The molecule has 2 heterocycles. The molecule has 2 aliphatic heterocycles. The maximum absolute atomic E-state index is 12.7. The first-order chi connectivity index (χ1) is 13.1. The zero-order valence-corrected chi connectivity index (χ0v) is 16.0. The topological polar surface area (TPSA) is 48.0 Å². The van der Waals surface area contributed by atoms with Crippen molar-refractivity contribution >= 4 is 22.3 Å². The Hall–Kier alpha value is -2.21. The highest BCUT2D eigenvalue weighted by atomic mass is 16.7. The zero-order chi connectivity index (χ0) is 19.0. The molecular weight excluding hydrogens is 342 g/mol. The highest BCUT2D eigenvalue weighted by Gasteiger charge is 2.48. The first-order valence-corrected chi connectivity index (χ1v) is 9.27. The summed E-state index contributed by atoms with van der Waals surface area (Å²) < 4.78 is 16.2. The molecule has 3 atom stereocenters. The van der Waals surface area contributed by atoms with Crippen LogP contribution in [0.1, 0.15) is 18.4 Å². The molecule has 4 rings (SSSR count). The fourth-order valence-electron chi connectivity index (χ4n) is 4.51. The van der Waals surface area contributed by atoms with E-state index in [0.717, 1.165) is 29.6 Å². The van der Waals surface area contributed by atoms with Crippen molar-refractivity contribution in [2.24, 2.45) is 0 Å². The molecule has 27 heavy (non-hydrogen) atoms. The van der Waals surface area contributed by atoms with Crippen LogP contribution in [-0.2, 0) is 19.0 Å². The molecule has 0 unspecified atom stereocenters. The van der Waals surface area contributed by atoms with Gasteiger partial charge in [0.1, 0.15) is 6.79 Å². The summed E-state index contributed by atoms with van der Waals surface area (Å²) in [5.41, 5.74) is 2.92. The van der Waals surface area contributed by atoms with E-state index in [1.807, 2.05) is 12.1 Å². The van der Waals surface area contributed by atoms with Gasteiger partial charge in [-0.2, -0.15) is 0 Å². The number of methoxy groups -OCH3 is 2. The van der Waals surface area contributed by atoms with Crippen LogP contribution in [0.15, 0.2) is 48.0 Å². The maximum atomic E-state index is 12.7. The van der Waals surface area contributed by atoms with Gasteiger partial charge in [0.25, 0.3) is 0 Å². The Bertz CT molecular complexity index is 891. The largest absolute Gasteiger partial charge is 0.466 e. The van der Waals surface area contributed by atoms with E-state index >= 15 is 0 Å². The number of rotatable bonds is 5. The minimum absolute atomic E-state index is 0.000439. The lowest BCUT2D eigenvalue weighted by atomic mass is 9.87. The van der Waals surface area contributed by atoms with Gasteiger partial charge in [-0.15, -0.1) is 0 Å². The van der Waals surface area contributed by atoms with Gasteiger partial charge in [0.2, 0.25) is 0 Å². The maximum Gasteiger partial charge on any atom is 0.335 e. The van der Waals surface area contributed by atoms with Crippen molar-refractivity contribution in [1.29, 1.82) is 0 Å². The second-order valence-electron chi connectivity index (χ2n) is 7.25. The average molecular weight is 367 g/mol. The molecule has 2 aromatic rings. The predicted molar refractivity (Wildman–Crippen MR) is 104 cm³/mol. The number of hydrogen-bond donors (Lipinski definition) is 0. The fraction of sp³-hybridized carbons (Fsp3) is 0.409. The molecule has 5 heteroatoms. The van der Waals surface area contributed by atoms with Crippen molar-refractivity contribution in [3.63, 3.8) is 0 Å². The quantitative estimate of drug-likeness (QED) is 0.600. The normalized spacial score (nSPS) is 25.2. The van der Waals surface area contributed by atoms with Crippen molar-refractivity contribution in [1.82, 2.24) is 4.90 Å². The summed E-state index contributed by atoms with van der Waals surface area (Å²) in [7, 11) is 5.14. The Labute approximate surface area is 159 Å². The molecule has 142 valence electrons. The van der Waals surface area contributed by atoms with Gasteiger partial charge < -0.3 is 14.2 Å². The summed E-state index contributed by atoms with van der Waals surface area (Å²) in [6.45, 7) is 0.264. The highest BCUT2D eigenvalue weighted by molar-refractivity contribution is 6.01. The third-order valence-corrected chi connectivity index (χ3v) is 5.87. The van der Waals surface area contributed by atoms with Crippen molar-refractivity contribution in [3.8, 4) is 0 Å². The lowest BCUT2D eigenvalue weighted by Crippen LogP contribution is -2.42. The van der Waals surface area contributed by atoms with E-state index in [9.17, 15) is 4.79 Å². The Balaban J connectivity index is 1.78. The molecule has 0 aliphatic carbocycles. The predicted octanol–water partition coefficient (Wildman–Crippen LogP) is 3.23. The van der Waals surface area contributed by atoms with E-state index in [1.54, 1.807) is 7.11 Å². The molecule has 0 saturated carbocycles. The van der Waals surface area contributed by atoms with Crippen LogP contribution < -0.4 is 0 Å². The number of hydrogen-bond acceptors (Lipinski definition) is 5. The second-order valence-corrected chi connectivity index (χ2v) is 7.25. The first kappa shape index (κ1) is 18.2. The van der Waals surface area contributed by atoms with Gasteiger partial charge in [-0.3, -0.25) is 4.90 Å². The molecule has 2 aliphatic rings. The van der Waals surface area contributed by atoms with E-state index in [4.69, 9.17) is 14.2 Å². The number of carbonyl (C=O) groups is 1. The monoisotopic (exact) mass is 367 g/mol. The highest BCUT2D eigenvalue weighted by Crippen LogP contribution is 2.44. The smallest absolute Gasteiger partial charge is 0.335 e. The van der Waals surface area contributed by atoms with Gasteiger partial charge in [-0.1, -0.05) is 36.4 Å². The molecule has 0 radical (unpaired) electrons. The van der Waals surface area contributed by atoms with Crippen LogP contribution in [0.2, 0.25) is 0 Å². The summed E-state index contributed by atoms with van der Waals surface area (Å²) in [5.74, 6) is -0.249. The number of benzene rings is 2. The number of ether oxygens (including phenoxy) is 3. The molecule has 0 aromatic heterocycles. The van der Waals surface area contributed by atoms with E-state index in [2.05, 4.69) is 42.3 Å². The zero-order valence-electron chi connectivity index (χ0n) is 16.0. The molecule has 2 bridgehead atoms. The van der Waals surface area contributed by atoms with Crippen molar-refractivity contribution in [3.05, 3.63) is 53.6 Å². The molecule has 0 N–H and O–H groups in total. The number of nitrogens with zero attached hydrogens (tertiary/aromatic N) is 1. The Morgan fingerprint density at radius 2 is 1.93 bits per heavy atom. The lowest BCUT2D eigenvalue weighted by molar-refractivity contribution is -0.136. The van der Waals surface area contributed by atoms with E-state index in [-0.39, 0.29) is 30.9 Å². The minimum Gasteiger partial charge on any atom is -0.466 e. The average Bonchev–Trinajstić information content (AvgIpc) is 2.89.